The topological polar surface area (TPSA) is 35.0 Å². The van der Waals surface area contributed by atoms with Crippen LogP contribution in [0.4, 0.5) is 0 Å². The summed E-state index contributed by atoms with van der Waals surface area (Å²) < 4.78 is 5.40. The minimum atomic E-state index is 0.296. The second-order valence-electron chi connectivity index (χ2n) is 2.83. The predicted molar refractivity (Wildman–Crippen MR) is 63.6 cm³/mol. The second-order valence-corrected chi connectivity index (χ2v) is 4.00. The average molecular weight is 276 g/mol. The van der Waals surface area contributed by atoms with Crippen molar-refractivity contribution in [1.29, 1.82) is 0 Å². The van der Waals surface area contributed by atoms with Crippen molar-refractivity contribution < 1.29 is 4.74 Å². The molecule has 1 heterocycles. The molecular formula is C10H5Cl3N2O. The molecule has 1 aromatic heterocycles. The fourth-order valence-electron chi connectivity index (χ4n) is 1.03. The smallest absolute Gasteiger partial charge is 0.238 e. The Balaban J connectivity index is 2.27. The van der Waals surface area contributed by atoms with E-state index in [2.05, 4.69) is 9.97 Å². The number of halogens is 3. The Morgan fingerprint density at radius 3 is 2.50 bits per heavy atom. The van der Waals surface area contributed by atoms with Crippen LogP contribution in [0.25, 0.3) is 0 Å². The number of hydrogen-bond acceptors (Lipinski definition) is 3. The van der Waals surface area contributed by atoms with Crippen LogP contribution >= 0.6 is 34.8 Å². The van der Waals surface area contributed by atoms with Gasteiger partial charge >= 0.3 is 0 Å². The predicted octanol–water partition coefficient (Wildman–Crippen LogP) is 4.23. The fourth-order valence-corrected chi connectivity index (χ4v) is 1.46. The maximum Gasteiger partial charge on any atom is 0.238 e. The summed E-state index contributed by atoms with van der Waals surface area (Å²) in [6.07, 6.45) is 2.79. The molecule has 0 aliphatic carbocycles. The van der Waals surface area contributed by atoms with Crippen LogP contribution in [0.2, 0.25) is 15.2 Å². The zero-order chi connectivity index (χ0) is 11.5. The van der Waals surface area contributed by atoms with Crippen molar-refractivity contribution in [3.8, 4) is 11.6 Å². The third kappa shape index (κ3) is 2.55. The average Bonchev–Trinajstić information content (AvgIpc) is 2.28. The van der Waals surface area contributed by atoms with E-state index in [1.165, 1.54) is 12.4 Å². The largest absolute Gasteiger partial charge is 0.436 e. The summed E-state index contributed by atoms with van der Waals surface area (Å²) in [7, 11) is 0. The molecule has 0 aliphatic rings. The van der Waals surface area contributed by atoms with Crippen molar-refractivity contribution in [2.45, 2.75) is 0 Å². The summed E-state index contributed by atoms with van der Waals surface area (Å²) in [4.78, 5) is 7.76. The zero-order valence-electron chi connectivity index (χ0n) is 7.82. The lowest BCUT2D eigenvalue weighted by molar-refractivity contribution is 0.460. The molecule has 0 unspecified atom stereocenters. The van der Waals surface area contributed by atoms with Crippen LogP contribution < -0.4 is 4.74 Å². The summed E-state index contributed by atoms with van der Waals surface area (Å²) in [6.45, 7) is 0. The summed E-state index contributed by atoms with van der Waals surface area (Å²) in [5, 5.41) is 1.05. The molecule has 0 fully saturated rings. The third-order valence-electron chi connectivity index (χ3n) is 1.73. The standard InChI is InChI=1S/C10H5Cl3N2O/c11-6-2-1-3-7(10(6)13)16-9-5-14-8(12)4-15-9/h1-5H. The van der Waals surface area contributed by atoms with Crippen LogP contribution in [0.5, 0.6) is 11.6 Å². The third-order valence-corrected chi connectivity index (χ3v) is 2.72. The molecule has 3 nitrogen and oxygen atoms in total. The van der Waals surface area contributed by atoms with Crippen LogP contribution in [0.1, 0.15) is 0 Å². The molecule has 0 bridgehead atoms. The van der Waals surface area contributed by atoms with E-state index < -0.39 is 0 Å². The summed E-state index contributed by atoms with van der Waals surface area (Å²) in [5.74, 6) is 0.722. The van der Waals surface area contributed by atoms with E-state index in [9.17, 15) is 0 Å². The molecule has 0 saturated heterocycles. The van der Waals surface area contributed by atoms with E-state index in [1.807, 2.05) is 0 Å². The minimum absolute atomic E-state index is 0.296. The SMILES string of the molecule is Clc1cnc(Oc2cccc(Cl)c2Cl)cn1. The van der Waals surface area contributed by atoms with Gasteiger partial charge in [-0.1, -0.05) is 40.9 Å². The molecule has 82 valence electrons. The van der Waals surface area contributed by atoms with Crippen molar-refractivity contribution in [3.05, 3.63) is 45.8 Å². The van der Waals surface area contributed by atoms with Gasteiger partial charge in [0.15, 0.2) is 0 Å². The minimum Gasteiger partial charge on any atom is -0.436 e. The highest BCUT2D eigenvalue weighted by molar-refractivity contribution is 6.42. The first-order valence-electron chi connectivity index (χ1n) is 4.26. The number of ether oxygens (including phenoxy) is 1. The van der Waals surface area contributed by atoms with E-state index in [-0.39, 0.29) is 0 Å². The van der Waals surface area contributed by atoms with Crippen molar-refractivity contribution in [2.75, 3.05) is 0 Å². The van der Waals surface area contributed by atoms with Crippen molar-refractivity contribution in [3.63, 3.8) is 0 Å². The number of aromatic nitrogens is 2. The fraction of sp³-hybridized carbons (Fsp3) is 0. The van der Waals surface area contributed by atoms with Gasteiger partial charge in [0.25, 0.3) is 0 Å². The number of rotatable bonds is 2. The first-order valence-corrected chi connectivity index (χ1v) is 5.39. The Bertz CT molecular complexity index is 502. The van der Waals surface area contributed by atoms with E-state index in [0.717, 1.165) is 0 Å². The lowest BCUT2D eigenvalue weighted by Gasteiger charge is -2.06. The van der Waals surface area contributed by atoms with Gasteiger partial charge in [0, 0.05) is 0 Å². The first-order chi connectivity index (χ1) is 7.66. The Morgan fingerprint density at radius 2 is 1.81 bits per heavy atom. The molecule has 0 aliphatic heterocycles. The lowest BCUT2D eigenvalue weighted by Crippen LogP contribution is -1.89. The van der Waals surface area contributed by atoms with E-state index in [0.29, 0.717) is 26.8 Å². The van der Waals surface area contributed by atoms with Crippen LogP contribution in [0, 0.1) is 0 Å². The van der Waals surface area contributed by atoms with Gasteiger partial charge in [0.05, 0.1) is 17.4 Å². The molecule has 1 aromatic carbocycles. The van der Waals surface area contributed by atoms with Crippen molar-refractivity contribution >= 4 is 34.8 Å². The number of hydrogen-bond donors (Lipinski definition) is 0. The molecule has 0 atom stereocenters. The van der Waals surface area contributed by atoms with E-state index in [4.69, 9.17) is 39.5 Å². The Morgan fingerprint density at radius 1 is 1.00 bits per heavy atom. The van der Waals surface area contributed by atoms with Crippen LogP contribution in [0.15, 0.2) is 30.6 Å². The highest BCUT2D eigenvalue weighted by Crippen LogP contribution is 2.33. The lowest BCUT2D eigenvalue weighted by atomic mass is 10.3. The van der Waals surface area contributed by atoms with Gasteiger partial charge in [-0.15, -0.1) is 0 Å². The first kappa shape index (κ1) is 11.5. The van der Waals surface area contributed by atoms with Gasteiger partial charge in [-0.25, -0.2) is 9.97 Å². The van der Waals surface area contributed by atoms with Crippen molar-refractivity contribution in [2.24, 2.45) is 0 Å². The van der Waals surface area contributed by atoms with Gasteiger partial charge in [-0.05, 0) is 12.1 Å². The molecule has 0 radical (unpaired) electrons. The van der Waals surface area contributed by atoms with Gasteiger partial charge in [-0.3, -0.25) is 0 Å². The Kier molecular flexibility index (Phi) is 3.49. The monoisotopic (exact) mass is 274 g/mol. The number of nitrogens with zero attached hydrogens (tertiary/aromatic N) is 2. The maximum absolute atomic E-state index is 5.94. The molecule has 0 saturated carbocycles. The normalized spacial score (nSPS) is 10.2. The second kappa shape index (κ2) is 4.87. The zero-order valence-corrected chi connectivity index (χ0v) is 10.1. The number of benzene rings is 1. The maximum atomic E-state index is 5.94. The molecule has 16 heavy (non-hydrogen) atoms. The Hall–Kier alpha value is -1.03. The molecule has 2 aromatic rings. The molecule has 0 N–H and O–H groups in total. The molecule has 0 spiro atoms. The molecule has 2 rings (SSSR count). The summed E-state index contributed by atoms with van der Waals surface area (Å²) in [5.41, 5.74) is 0. The highest BCUT2D eigenvalue weighted by Gasteiger charge is 2.07. The van der Waals surface area contributed by atoms with Gasteiger partial charge in [-0.2, -0.15) is 0 Å². The Labute approximate surface area is 107 Å². The van der Waals surface area contributed by atoms with Crippen LogP contribution in [0.3, 0.4) is 0 Å². The quantitative estimate of drug-likeness (QED) is 0.822. The van der Waals surface area contributed by atoms with Crippen molar-refractivity contribution in [1.82, 2.24) is 9.97 Å². The van der Waals surface area contributed by atoms with E-state index in [1.54, 1.807) is 18.2 Å². The van der Waals surface area contributed by atoms with Crippen LogP contribution in [-0.4, -0.2) is 9.97 Å². The van der Waals surface area contributed by atoms with Gasteiger partial charge < -0.3 is 4.74 Å². The summed E-state index contributed by atoms with van der Waals surface area (Å²) in [6, 6.07) is 5.09. The molecule has 6 heteroatoms. The summed E-state index contributed by atoms with van der Waals surface area (Å²) >= 11 is 17.4. The van der Waals surface area contributed by atoms with Gasteiger partial charge in [0.2, 0.25) is 5.88 Å². The molecular weight excluding hydrogens is 270 g/mol. The van der Waals surface area contributed by atoms with Gasteiger partial charge in [0.1, 0.15) is 15.9 Å². The van der Waals surface area contributed by atoms with Crippen LogP contribution in [-0.2, 0) is 0 Å². The highest BCUT2D eigenvalue weighted by atomic mass is 35.5. The van der Waals surface area contributed by atoms with E-state index >= 15 is 0 Å². The molecule has 0 amide bonds.